The Morgan fingerprint density at radius 2 is 1.79 bits per heavy atom. The van der Waals surface area contributed by atoms with Gasteiger partial charge in [0, 0.05) is 12.1 Å². The van der Waals surface area contributed by atoms with Gasteiger partial charge in [-0.05, 0) is 48.9 Å². The maximum Gasteiger partial charge on any atom is 0.286 e. The number of ketones is 1. The van der Waals surface area contributed by atoms with E-state index >= 15 is 0 Å². The minimum absolute atomic E-state index is 0.0559. The highest BCUT2D eigenvalue weighted by Gasteiger charge is 2.39. The van der Waals surface area contributed by atoms with Crippen LogP contribution in [-0.4, -0.2) is 57.4 Å². The van der Waals surface area contributed by atoms with Gasteiger partial charge in [-0.2, -0.15) is 0 Å². The number of nitrogens with zero attached hydrogens (tertiary/aromatic N) is 3. The van der Waals surface area contributed by atoms with E-state index in [4.69, 9.17) is 10.2 Å². The van der Waals surface area contributed by atoms with Crippen LogP contribution in [0.4, 0.5) is 4.39 Å². The second-order valence-corrected chi connectivity index (χ2v) is 8.97. The fraction of sp³-hybridized carbons (Fsp3) is 0.522. The third kappa shape index (κ3) is 5.44. The predicted molar refractivity (Wildman–Crippen MR) is 118 cm³/mol. The first-order valence-electron chi connectivity index (χ1n) is 11.1. The van der Waals surface area contributed by atoms with Crippen molar-refractivity contribution >= 4 is 17.6 Å². The van der Waals surface area contributed by atoms with Crippen molar-refractivity contribution in [2.45, 2.75) is 58.7 Å². The third-order valence-corrected chi connectivity index (χ3v) is 5.82. The van der Waals surface area contributed by atoms with Gasteiger partial charge >= 0.3 is 0 Å². The molecule has 1 saturated heterocycles. The summed E-state index contributed by atoms with van der Waals surface area (Å²) >= 11 is 0. The smallest absolute Gasteiger partial charge is 0.286 e. The molecule has 0 aliphatic carbocycles. The number of benzene rings is 1. The van der Waals surface area contributed by atoms with Crippen LogP contribution in [0.5, 0.6) is 0 Å². The fourth-order valence-electron chi connectivity index (χ4n) is 3.73. The van der Waals surface area contributed by atoms with E-state index in [0.29, 0.717) is 24.9 Å². The Kier molecular flexibility index (Phi) is 7.57. The molecule has 2 heterocycles. The summed E-state index contributed by atoms with van der Waals surface area (Å²) < 4.78 is 18.6. The Morgan fingerprint density at radius 3 is 2.39 bits per heavy atom. The highest BCUT2D eigenvalue weighted by molar-refractivity contribution is 6.00. The average Bonchev–Trinajstić information content (AvgIpc) is 3.46. The quantitative estimate of drug-likeness (QED) is 0.578. The molecule has 0 radical (unpaired) electrons. The highest BCUT2D eigenvalue weighted by Crippen LogP contribution is 2.22. The van der Waals surface area contributed by atoms with Gasteiger partial charge in [-0.3, -0.25) is 14.4 Å². The molecule has 3 atom stereocenters. The van der Waals surface area contributed by atoms with Gasteiger partial charge in [-0.25, -0.2) is 4.39 Å². The monoisotopic (exact) mass is 459 g/mol. The van der Waals surface area contributed by atoms with Gasteiger partial charge in [0.15, 0.2) is 0 Å². The van der Waals surface area contributed by atoms with Crippen molar-refractivity contribution in [2.24, 2.45) is 17.6 Å². The van der Waals surface area contributed by atoms with Gasteiger partial charge in [0.05, 0.1) is 12.1 Å². The Balaban J connectivity index is 1.74. The lowest BCUT2D eigenvalue weighted by molar-refractivity contribution is -0.140. The molecule has 1 aromatic carbocycles. The molecule has 2 amide bonds. The fourth-order valence-corrected chi connectivity index (χ4v) is 3.73. The predicted octanol–water partition coefficient (Wildman–Crippen LogP) is 2.17. The molecule has 2 aromatic rings. The van der Waals surface area contributed by atoms with E-state index in [9.17, 15) is 18.8 Å². The Labute approximate surface area is 191 Å². The number of nitrogens with two attached hydrogens (primary N) is 1. The van der Waals surface area contributed by atoms with E-state index in [0.717, 1.165) is 0 Å². The van der Waals surface area contributed by atoms with Crippen molar-refractivity contribution in [2.75, 3.05) is 6.54 Å². The maximum absolute atomic E-state index is 13.1. The second-order valence-electron chi connectivity index (χ2n) is 8.97. The first-order chi connectivity index (χ1) is 15.6. The van der Waals surface area contributed by atoms with Crippen molar-refractivity contribution < 1.29 is 23.2 Å². The third-order valence-electron chi connectivity index (χ3n) is 5.82. The van der Waals surface area contributed by atoms with Gasteiger partial charge in [-0.15, -0.1) is 10.2 Å². The number of rotatable bonds is 8. The van der Waals surface area contributed by atoms with Crippen molar-refractivity contribution in [1.82, 2.24) is 20.4 Å². The number of amides is 2. The molecule has 3 rings (SSSR count). The van der Waals surface area contributed by atoms with Crippen LogP contribution in [0.1, 0.15) is 51.2 Å². The van der Waals surface area contributed by atoms with Crippen LogP contribution in [-0.2, 0) is 9.59 Å². The molecular formula is C23H30FN5O4. The van der Waals surface area contributed by atoms with Crippen LogP contribution >= 0.6 is 0 Å². The number of likely N-dealkylation sites (tertiary alicyclic amines) is 1. The zero-order valence-corrected chi connectivity index (χ0v) is 19.2. The summed E-state index contributed by atoms with van der Waals surface area (Å²) in [5.41, 5.74) is 6.48. The SMILES string of the molecule is CC(C)[C@H](N)C(=O)N1CCC[C@H]1C(=O)N[C@H](C(=O)c1nnc(-c2ccc(F)cc2)o1)C(C)C. The number of carbonyl (C=O) groups is 3. The zero-order chi connectivity index (χ0) is 24.3. The normalized spacial score (nSPS) is 17.9. The van der Waals surface area contributed by atoms with Crippen LogP contribution in [0.25, 0.3) is 11.5 Å². The summed E-state index contributed by atoms with van der Waals surface area (Å²) in [4.78, 5) is 40.4. The van der Waals surface area contributed by atoms with Crippen LogP contribution in [0.2, 0.25) is 0 Å². The molecule has 178 valence electrons. The first kappa shape index (κ1) is 24.5. The number of hydrogen-bond donors (Lipinski definition) is 2. The summed E-state index contributed by atoms with van der Waals surface area (Å²) in [6.45, 7) is 7.72. The molecule has 10 heteroatoms. The minimum Gasteiger partial charge on any atom is -0.414 e. The lowest BCUT2D eigenvalue weighted by atomic mass is 9.98. The average molecular weight is 460 g/mol. The van der Waals surface area contributed by atoms with Crippen molar-refractivity contribution in [3.8, 4) is 11.5 Å². The van der Waals surface area contributed by atoms with E-state index in [1.807, 2.05) is 13.8 Å². The van der Waals surface area contributed by atoms with Gasteiger partial charge in [0.1, 0.15) is 11.9 Å². The number of Topliss-reactive ketones (excluding diaryl/α,β-unsaturated/α-hetero) is 1. The van der Waals surface area contributed by atoms with Crippen molar-refractivity contribution in [3.63, 3.8) is 0 Å². The number of aromatic nitrogens is 2. The van der Waals surface area contributed by atoms with Crippen molar-refractivity contribution in [1.29, 1.82) is 0 Å². The van der Waals surface area contributed by atoms with E-state index in [-0.39, 0.29) is 29.5 Å². The van der Waals surface area contributed by atoms with Gasteiger partial charge in [-0.1, -0.05) is 27.7 Å². The summed E-state index contributed by atoms with van der Waals surface area (Å²) in [6, 6.07) is 3.13. The van der Waals surface area contributed by atoms with Gasteiger partial charge < -0.3 is 20.4 Å². The second kappa shape index (κ2) is 10.2. The molecule has 0 spiro atoms. The van der Waals surface area contributed by atoms with Crippen LogP contribution in [0, 0.1) is 17.7 Å². The summed E-state index contributed by atoms with van der Waals surface area (Å²) in [7, 11) is 0. The zero-order valence-electron chi connectivity index (χ0n) is 19.2. The molecule has 1 aliphatic heterocycles. The molecule has 0 saturated carbocycles. The molecule has 0 unspecified atom stereocenters. The first-order valence-corrected chi connectivity index (χ1v) is 11.1. The molecule has 0 bridgehead atoms. The molecule has 9 nitrogen and oxygen atoms in total. The van der Waals surface area contributed by atoms with E-state index in [1.165, 1.54) is 29.2 Å². The number of carbonyl (C=O) groups excluding carboxylic acids is 3. The maximum atomic E-state index is 13.1. The highest BCUT2D eigenvalue weighted by atomic mass is 19.1. The van der Waals surface area contributed by atoms with Crippen molar-refractivity contribution in [3.05, 3.63) is 36.0 Å². The van der Waals surface area contributed by atoms with E-state index < -0.39 is 35.6 Å². The Morgan fingerprint density at radius 1 is 1.12 bits per heavy atom. The number of hydrogen-bond acceptors (Lipinski definition) is 7. The molecule has 1 aliphatic rings. The van der Waals surface area contributed by atoms with Gasteiger partial charge in [0.2, 0.25) is 23.5 Å². The number of nitrogens with one attached hydrogen (secondary N) is 1. The summed E-state index contributed by atoms with van der Waals surface area (Å²) in [5, 5.41) is 10.4. The molecule has 1 fully saturated rings. The molecule has 1 aromatic heterocycles. The van der Waals surface area contributed by atoms with E-state index in [2.05, 4.69) is 15.5 Å². The van der Waals surface area contributed by atoms with Crippen LogP contribution in [0.15, 0.2) is 28.7 Å². The molecular weight excluding hydrogens is 429 g/mol. The largest absolute Gasteiger partial charge is 0.414 e. The number of halogens is 1. The molecule has 3 N–H and O–H groups in total. The topological polar surface area (TPSA) is 131 Å². The van der Waals surface area contributed by atoms with Gasteiger partial charge in [0.25, 0.3) is 5.89 Å². The van der Waals surface area contributed by atoms with Crippen LogP contribution < -0.4 is 11.1 Å². The minimum atomic E-state index is -0.921. The lowest BCUT2D eigenvalue weighted by Crippen LogP contribution is -2.55. The lowest BCUT2D eigenvalue weighted by Gasteiger charge is -2.29. The molecule has 33 heavy (non-hydrogen) atoms. The Hall–Kier alpha value is -3.14. The Bertz CT molecular complexity index is 1000. The standard InChI is InChI=1S/C23H30FN5O4/c1-12(2)17(25)23(32)29-11-5-6-16(29)20(31)26-18(13(3)4)19(30)22-28-27-21(33-22)14-7-9-15(24)10-8-14/h7-10,12-13,16-18H,5-6,11,25H2,1-4H3,(H,26,31)/t16-,17-,18-/m0/s1. The summed E-state index contributed by atoms with van der Waals surface area (Å²) in [5.74, 6) is -2.14. The summed E-state index contributed by atoms with van der Waals surface area (Å²) in [6.07, 6.45) is 1.18. The van der Waals surface area contributed by atoms with E-state index in [1.54, 1.807) is 13.8 Å². The van der Waals surface area contributed by atoms with Crippen LogP contribution in [0.3, 0.4) is 0 Å².